The van der Waals surface area contributed by atoms with E-state index in [-0.39, 0.29) is 22.8 Å². The zero-order valence-corrected chi connectivity index (χ0v) is 15.6. The molecular formula is C16H20ClN3O2S2. The zero-order valence-electron chi connectivity index (χ0n) is 13.2. The number of sulfone groups is 1. The monoisotopic (exact) mass is 385 g/mol. The number of anilines is 2. The summed E-state index contributed by atoms with van der Waals surface area (Å²) in [5.74, 6) is 0.291. The molecule has 0 amide bonds. The molecule has 3 heterocycles. The van der Waals surface area contributed by atoms with Gasteiger partial charge in [-0.25, -0.2) is 8.42 Å². The number of thioether (sulfide) groups is 1. The van der Waals surface area contributed by atoms with Gasteiger partial charge in [-0.1, -0.05) is 23.4 Å². The van der Waals surface area contributed by atoms with Crippen LogP contribution in [0.2, 0.25) is 5.02 Å². The van der Waals surface area contributed by atoms with Crippen LogP contribution in [0, 0.1) is 5.41 Å². The molecule has 4 rings (SSSR count). The molecule has 3 aliphatic heterocycles. The van der Waals surface area contributed by atoms with Crippen LogP contribution in [0.1, 0.15) is 19.3 Å². The highest BCUT2D eigenvalue weighted by Crippen LogP contribution is 2.44. The van der Waals surface area contributed by atoms with Crippen molar-refractivity contribution in [2.24, 2.45) is 0 Å². The van der Waals surface area contributed by atoms with E-state index in [9.17, 15) is 8.42 Å². The lowest BCUT2D eigenvalue weighted by atomic mass is 10.1. The Hall–Kier alpha value is -0.920. The molecular weight excluding hydrogens is 366 g/mol. The summed E-state index contributed by atoms with van der Waals surface area (Å²) in [4.78, 5) is 4.24. The molecule has 3 fully saturated rings. The summed E-state index contributed by atoms with van der Waals surface area (Å²) in [7, 11) is -3.02. The number of fused-ring (bicyclic) bond motifs is 1. The largest absolute Gasteiger partial charge is 0.370 e. The van der Waals surface area contributed by atoms with Crippen molar-refractivity contribution in [2.75, 3.05) is 34.4 Å². The average Bonchev–Trinajstić information content (AvgIpc) is 2.97. The molecule has 1 aromatic rings. The summed E-state index contributed by atoms with van der Waals surface area (Å²) < 4.78 is 24.1. The molecule has 130 valence electrons. The summed E-state index contributed by atoms with van der Waals surface area (Å²) in [5.41, 5.74) is 1.95. The number of hydrogen-bond acceptors (Lipinski definition) is 5. The highest BCUT2D eigenvalue weighted by atomic mass is 35.5. The number of nitrogens with zero attached hydrogens (tertiary/aromatic N) is 2. The summed E-state index contributed by atoms with van der Waals surface area (Å²) in [6, 6.07) is 5.62. The second-order valence-electron chi connectivity index (χ2n) is 6.66. The number of piperidine rings is 1. The fraction of sp³-hybridized carbons (Fsp3) is 0.562. The second-order valence-corrected chi connectivity index (χ2v) is 10.5. The van der Waals surface area contributed by atoms with Crippen LogP contribution in [-0.4, -0.2) is 49.5 Å². The fourth-order valence-corrected chi connectivity index (χ4v) is 7.83. The highest BCUT2D eigenvalue weighted by Gasteiger charge is 2.49. The Morgan fingerprint density at radius 2 is 1.88 bits per heavy atom. The number of rotatable bonds is 2. The minimum Gasteiger partial charge on any atom is -0.370 e. The third-order valence-electron chi connectivity index (χ3n) is 4.98. The first kappa shape index (κ1) is 16.5. The third kappa shape index (κ3) is 2.91. The van der Waals surface area contributed by atoms with E-state index < -0.39 is 9.84 Å². The number of hydrogen-bond donors (Lipinski definition) is 1. The molecule has 0 aliphatic carbocycles. The number of benzene rings is 1. The van der Waals surface area contributed by atoms with E-state index in [1.165, 1.54) is 18.2 Å². The zero-order chi connectivity index (χ0) is 16.9. The number of amidine groups is 1. The van der Waals surface area contributed by atoms with Gasteiger partial charge in [-0.15, -0.1) is 0 Å². The van der Waals surface area contributed by atoms with Gasteiger partial charge in [0.2, 0.25) is 0 Å². The quantitative estimate of drug-likeness (QED) is 0.847. The van der Waals surface area contributed by atoms with Crippen LogP contribution in [0.15, 0.2) is 18.2 Å². The molecule has 0 bridgehead atoms. The van der Waals surface area contributed by atoms with Crippen molar-refractivity contribution in [2.45, 2.75) is 30.6 Å². The number of halogens is 1. The molecule has 3 aliphatic rings. The number of nitrogens with one attached hydrogen (secondary N) is 1. The maximum Gasteiger partial charge on any atom is 0.161 e. The van der Waals surface area contributed by atoms with Crippen LogP contribution in [0.25, 0.3) is 0 Å². The summed E-state index contributed by atoms with van der Waals surface area (Å²) >= 11 is 7.61. The maximum atomic E-state index is 12.0. The van der Waals surface area contributed by atoms with E-state index in [2.05, 4.69) is 4.90 Å². The predicted octanol–water partition coefficient (Wildman–Crippen LogP) is 2.98. The Labute approximate surface area is 151 Å². The van der Waals surface area contributed by atoms with Crippen LogP contribution < -0.4 is 9.80 Å². The van der Waals surface area contributed by atoms with Crippen molar-refractivity contribution in [3.8, 4) is 0 Å². The van der Waals surface area contributed by atoms with Gasteiger partial charge in [0.15, 0.2) is 15.0 Å². The molecule has 2 atom stereocenters. The van der Waals surface area contributed by atoms with E-state index in [0.717, 1.165) is 37.3 Å². The van der Waals surface area contributed by atoms with E-state index >= 15 is 0 Å². The Kier molecular flexibility index (Phi) is 4.21. The summed E-state index contributed by atoms with van der Waals surface area (Å²) in [5, 5.41) is 9.39. The van der Waals surface area contributed by atoms with Gasteiger partial charge in [0.05, 0.1) is 28.9 Å². The first-order valence-corrected chi connectivity index (χ1v) is 11.3. The molecule has 8 heteroatoms. The molecule has 1 N–H and O–H groups in total. The first-order valence-electron chi connectivity index (χ1n) is 8.24. The fourth-order valence-electron chi connectivity index (χ4n) is 3.88. The van der Waals surface area contributed by atoms with Crippen molar-refractivity contribution < 1.29 is 8.42 Å². The van der Waals surface area contributed by atoms with E-state index in [4.69, 9.17) is 17.0 Å². The van der Waals surface area contributed by atoms with Gasteiger partial charge in [-0.3, -0.25) is 5.41 Å². The minimum absolute atomic E-state index is 0.0457. The van der Waals surface area contributed by atoms with Gasteiger partial charge in [0, 0.05) is 23.4 Å². The molecule has 0 spiro atoms. The summed E-state index contributed by atoms with van der Waals surface area (Å²) in [6.07, 6.45) is 3.57. The van der Waals surface area contributed by atoms with Crippen molar-refractivity contribution >= 4 is 49.7 Å². The molecule has 0 unspecified atom stereocenters. The molecule has 1 aromatic carbocycles. The highest BCUT2D eigenvalue weighted by molar-refractivity contribution is 8.15. The third-order valence-corrected chi connectivity index (χ3v) is 8.35. The van der Waals surface area contributed by atoms with E-state index in [0.29, 0.717) is 10.2 Å². The van der Waals surface area contributed by atoms with Gasteiger partial charge in [-0.05, 0) is 37.5 Å². The lowest BCUT2D eigenvalue weighted by Crippen LogP contribution is -2.39. The molecule has 0 radical (unpaired) electrons. The topological polar surface area (TPSA) is 64.5 Å². The molecule has 24 heavy (non-hydrogen) atoms. The smallest absolute Gasteiger partial charge is 0.161 e. The SMILES string of the molecule is N=C1S[C@H]2CS(=O)(=O)C[C@H]2N1c1cc(Cl)ccc1N1CCCCC1. The van der Waals surface area contributed by atoms with Gasteiger partial charge < -0.3 is 9.80 Å². The van der Waals surface area contributed by atoms with Gasteiger partial charge in [-0.2, -0.15) is 0 Å². The lowest BCUT2D eigenvalue weighted by Gasteiger charge is -2.34. The molecule has 3 saturated heterocycles. The standard InChI is InChI=1S/C16H20ClN3O2S2/c17-11-4-5-12(19-6-2-1-3-7-19)13(8-11)20-14-9-24(21,22)10-15(14)23-16(20)18/h4-5,8,14-15,18H,1-3,6-7,9-10H2/t14-,15+/m1/s1. The lowest BCUT2D eigenvalue weighted by molar-refractivity contribution is 0.577. The van der Waals surface area contributed by atoms with Crippen LogP contribution >= 0.6 is 23.4 Å². The normalized spacial score (nSPS) is 29.1. The van der Waals surface area contributed by atoms with Gasteiger partial charge >= 0.3 is 0 Å². The summed E-state index contributed by atoms with van der Waals surface area (Å²) in [6.45, 7) is 1.99. The Morgan fingerprint density at radius 1 is 1.12 bits per heavy atom. The van der Waals surface area contributed by atoms with Crippen molar-refractivity contribution in [3.63, 3.8) is 0 Å². The van der Waals surface area contributed by atoms with Crippen LogP contribution in [0.5, 0.6) is 0 Å². The van der Waals surface area contributed by atoms with Crippen molar-refractivity contribution in [1.29, 1.82) is 5.41 Å². The van der Waals surface area contributed by atoms with Gasteiger partial charge in [0.1, 0.15) is 0 Å². The minimum atomic E-state index is -3.02. The maximum absolute atomic E-state index is 12.0. The van der Waals surface area contributed by atoms with Crippen LogP contribution in [0.4, 0.5) is 11.4 Å². The van der Waals surface area contributed by atoms with Crippen LogP contribution in [-0.2, 0) is 9.84 Å². The van der Waals surface area contributed by atoms with Crippen LogP contribution in [0.3, 0.4) is 0 Å². The second kappa shape index (κ2) is 6.11. The van der Waals surface area contributed by atoms with Gasteiger partial charge in [0.25, 0.3) is 0 Å². The Morgan fingerprint density at radius 3 is 2.62 bits per heavy atom. The van der Waals surface area contributed by atoms with Crippen molar-refractivity contribution in [1.82, 2.24) is 0 Å². The Bertz CT molecular complexity index is 778. The average molecular weight is 386 g/mol. The van der Waals surface area contributed by atoms with E-state index in [1.807, 2.05) is 23.1 Å². The molecule has 0 aromatic heterocycles. The predicted molar refractivity (Wildman–Crippen MR) is 102 cm³/mol. The van der Waals surface area contributed by atoms with Crippen molar-refractivity contribution in [3.05, 3.63) is 23.2 Å². The first-order chi connectivity index (χ1) is 11.4. The molecule has 5 nitrogen and oxygen atoms in total. The molecule has 0 saturated carbocycles. The Balaban J connectivity index is 1.75. The van der Waals surface area contributed by atoms with E-state index in [1.54, 1.807) is 0 Å².